The number of hydrogen-bond donors (Lipinski definition) is 2. The number of rotatable bonds is 3. The molecule has 0 saturated carbocycles. The molecule has 0 saturated heterocycles. The van der Waals surface area contributed by atoms with Crippen LogP contribution in [-0.4, -0.2) is 12.5 Å². The molecule has 2 aromatic rings. The van der Waals surface area contributed by atoms with Crippen LogP contribution in [0.15, 0.2) is 36.4 Å². The third kappa shape index (κ3) is 2.54. The summed E-state index contributed by atoms with van der Waals surface area (Å²) >= 11 is 0. The van der Waals surface area contributed by atoms with Gasteiger partial charge in [-0.15, -0.1) is 0 Å². The maximum Gasteiger partial charge on any atom is 0.255 e. The molecule has 3 rings (SSSR count). The number of primary amides is 1. The van der Waals surface area contributed by atoms with Crippen LogP contribution in [0.2, 0.25) is 0 Å². The lowest BCUT2D eigenvalue weighted by Crippen LogP contribution is -2.15. The molecule has 0 radical (unpaired) electrons. The second kappa shape index (κ2) is 5.44. The summed E-state index contributed by atoms with van der Waals surface area (Å²) in [5.74, 6) is -0.831. The number of amides is 1. The van der Waals surface area contributed by atoms with Crippen molar-refractivity contribution in [3.8, 4) is 11.5 Å². The normalized spacial score (nSPS) is 13.2. The molecule has 5 heteroatoms. The zero-order valence-corrected chi connectivity index (χ0v) is 11.4. The standard InChI is InChI=1S/C16H15FN2O2/c17-11-6-2-7-12(14(11)16(18)20)21-13-8-1-4-10-5-3-9-19-15(10)13/h1-2,4,6-8,19H,3,5,9H2,(H2,18,20). The lowest BCUT2D eigenvalue weighted by molar-refractivity contribution is 0.0994. The van der Waals surface area contributed by atoms with Gasteiger partial charge < -0.3 is 15.8 Å². The Morgan fingerprint density at radius 2 is 1.95 bits per heavy atom. The van der Waals surface area contributed by atoms with E-state index in [4.69, 9.17) is 10.5 Å². The summed E-state index contributed by atoms with van der Waals surface area (Å²) in [6, 6.07) is 9.89. The molecule has 0 unspecified atom stereocenters. The van der Waals surface area contributed by atoms with E-state index in [0.717, 1.165) is 30.6 Å². The summed E-state index contributed by atoms with van der Waals surface area (Å²) in [4.78, 5) is 11.4. The fourth-order valence-corrected chi connectivity index (χ4v) is 2.51. The second-order valence-electron chi connectivity index (χ2n) is 4.90. The molecule has 2 aromatic carbocycles. The van der Waals surface area contributed by atoms with Crippen LogP contribution < -0.4 is 15.8 Å². The molecule has 0 fully saturated rings. The summed E-state index contributed by atoms with van der Waals surface area (Å²) in [5, 5.41) is 3.28. The predicted molar refractivity (Wildman–Crippen MR) is 78.2 cm³/mol. The topological polar surface area (TPSA) is 64.4 Å². The first-order chi connectivity index (χ1) is 10.2. The number of benzene rings is 2. The third-order valence-corrected chi connectivity index (χ3v) is 3.48. The number of nitrogens with two attached hydrogens (primary N) is 1. The average Bonchev–Trinajstić information content (AvgIpc) is 2.47. The number of carbonyl (C=O) groups excluding carboxylic acids is 1. The van der Waals surface area contributed by atoms with E-state index < -0.39 is 11.7 Å². The molecule has 3 N–H and O–H groups in total. The summed E-state index contributed by atoms with van der Waals surface area (Å²) in [7, 11) is 0. The molecule has 0 atom stereocenters. The predicted octanol–water partition coefficient (Wildman–Crippen LogP) is 3.08. The van der Waals surface area contributed by atoms with Crippen LogP contribution in [0.5, 0.6) is 11.5 Å². The fraction of sp³-hybridized carbons (Fsp3) is 0.188. The number of ether oxygens (including phenoxy) is 1. The maximum atomic E-state index is 13.7. The van der Waals surface area contributed by atoms with Crippen LogP contribution in [0, 0.1) is 5.82 Å². The van der Waals surface area contributed by atoms with E-state index in [1.807, 2.05) is 12.1 Å². The number of nitrogens with one attached hydrogen (secondary N) is 1. The van der Waals surface area contributed by atoms with Crippen molar-refractivity contribution in [1.29, 1.82) is 0 Å². The van der Waals surface area contributed by atoms with Gasteiger partial charge in [-0.25, -0.2) is 4.39 Å². The molecule has 108 valence electrons. The molecule has 21 heavy (non-hydrogen) atoms. The highest BCUT2D eigenvalue weighted by atomic mass is 19.1. The molecule has 4 nitrogen and oxygen atoms in total. The van der Waals surface area contributed by atoms with Crippen molar-refractivity contribution in [2.75, 3.05) is 11.9 Å². The quantitative estimate of drug-likeness (QED) is 0.911. The van der Waals surface area contributed by atoms with Crippen LogP contribution in [-0.2, 0) is 6.42 Å². The SMILES string of the molecule is NC(=O)c1c(F)cccc1Oc1cccc2c1NCCC2. The Hall–Kier alpha value is -2.56. The van der Waals surface area contributed by atoms with Crippen molar-refractivity contribution in [2.45, 2.75) is 12.8 Å². The van der Waals surface area contributed by atoms with Crippen LogP contribution in [0.25, 0.3) is 0 Å². The number of aryl methyl sites for hydroxylation is 1. The number of carbonyl (C=O) groups is 1. The first-order valence-corrected chi connectivity index (χ1v) is 6.79. The monoisotopic (exact) mass is 286 g/mol. The molecular formula is C16H15FN2O2. The highest BCUT2D eigenvalue weighted by Gasteiger charge is 2.18. The Morgan fingerprint density at radius 1 is 1.19 bits per heavy atom. The Morgan fingerprint density at radius 3 is 2.76 bits per heavy atom. The number of halogens is 1. The van der Waals surface area contributed by atoms with E-state index in [9.17, 15) is 9.18 Å². The summed E-state index contributed by atoms with van der Waals surface area (Å²) in [6.07, 6.45) is 2.02. The van der Waals surface area contributed by atoms with Gasteiger partial charge in [0.25, 0.3) is 5.91 Å². The Kier molecular flexibility index (Phi) is 3.48. The van der Waals surface area contributed by atoms with Gasteiger partial charge in [-0.05, 0) is 36.6 Å². The van der Waals surface area contributed by atoms with Crippen LogP contribution >= 0.6 is 0 Å². The number of para-hydroxylation sites is 1. The van der Waals surface area contributed by atoms with Crippen molar-refractivity contribution < 1.29 is 13.9 Å². The third-order valence-electron chi connectivity index (χ3n) is 3.48. The van der Waals surface area contributed by atoms with Crippen molar-refractivity contribution in [3.63, 3.8) is 0 Å². The number of hydrogen-bond acceptors (Lipinski definition) is 3. The van der Waals surface area contributed by atoms with Gasteiger partial charge in [0.05, 0.1) is 5.69 Å². The Balaban J connectivity index is 2.02. The Bertz CT molecular complexity index is 701. The first-order valence-electron chi connectivity index (χ1n) is 6.79. The van der Waals surface area contributed by atoms with Gasteiger partial charge in [0.2, 0.25) is 0 Å². The van der Waals surface area contributed by atoms with E-state index in [-0.39, 0.29) is 11.3 Å². The van der Waals surface area contributed by atoms with Gasteiger partial charge in [0.1, 0.15) is 17.1 Å². The molecule has 0 aromatic heterocycles. The summed E-state index contributed by atoms with van der Waals surface area (Å²) in [5.41, 5.74) is 7.04. The minimum absolute atomic E-state index is 0.128. The Labute approximate surface area is 121 Å². The number of fused-ring (bicyclic) bond motifs is 1. The highest BCUT2D eigenvalue weighted by Crippen LogP contribution is 2.36. The molecular weight excluding hydrogens is 271 g/mol. The molecule has 1 heterocycles. The molecule has 0 bridgehead atoms. The largest absolute Gasteiger partial charge is 0.454 e. The summed E-state index contributed by atoms with van der Waals surface area (Å²) < 4.78 is 19.5. The smallest absolute Gasteiger partial charge is 0.255 e. The van der Waals surface area contributed by atoms with Crippen LogP contribution in [0.1, 0.15) is 22.3 Å². The van der Waals surface area contributed by atoms with Gasteiger partial charge in [-0.3, -0.25) is 4.79 Å². The molecule has 1 amide bonds. The molecule has 0 spiro atoms. The van der Waals surface area contributed by atoms with E-state index in [2.05, 4.69) is 5.32 Å². The maximum absolute atomic E-state index is 13.7. The zero-order valence-electron chi connectivity index (χ0n) is 11.4. The zero-order chi connectivity index (χ0) is 14.8. The van der Waals surface area contributed by atoms with Gasteiger partial charge >= 0.3 is 0 Å². The van der Waals surface area contributed by atoms with Crippen LogP contribution in [0.3, 0.4) is 0 Å². The van der Waals surface area contributed by atoms with Crippen molar-refractivity contribution in [3.05, 3.63) is 53.3 Å². The fourth-order valence-electron chi connectivity index (χ4n) is 2.51. The van der Waals surface area contributed by atoms with Crippen LogP contribution in [0.4, 0.5) is 10.1 Å². The average molecular weight is 286 g/mol. The van der Waals surface area contributed by atoms with Crippen molar-refractivity contribution >= 4 is 11.6 Å². The van der Waals surface area contributed by atoms with E-state index >= 15 is 0 Å². The minimum atomic E-state index is -0.846. The van der Waals surface area contributed by atoms with E-state index in [1.165, 1.54) is 18.2 Å². The lowest BCUT2D eigenvalue weighted by atomic mass is 10.0. The number of anilines is 1. The summed E-state index contributed by atoms with van der Waals surface area (Å²) in [6.45, 7) is 0.860. The minimum Gasteiger partial charge on any atom is -0.454 e. The molecule has 1 aliphatic rings. The van der Waals surface area contributed by atoms with E-state index in [1.54, 1.807) is 6.07 Å². The van der Waals surface area contributed by atoms with Gasteiger partial charge in [0.15, 0.2) is 5.75 Å². The van der Waals surface area contributed by atoms with Gasteiger partial charge in [-0.1, -0.05) is 18.2 Å². The van der Waals surface area contributed by atoms with Gasteiger partial charge in [-0.2, -0.15) is 0 Å². The lowest BCUT2D eigenvalue weighted by Gasteiger charge is -2.21. The van der Waals surface area contributed by atoms with Crippen molar-refractivity contribution in [2.24, 2.45) is 5.73 Å². The van der Waals surface area contributed by atoms with E-state index in [0.29, 0.717) is 5.75 Å². The second-order valence-corrected chi connectivity index (χ2v) is 4.90. The van der Waals surface area contributed by atoms with Gasteiger partial charge in [0, 0.05) is 6.54 Å². The first kappa shape index (κ1) is 13.4. The molecule has 1 aliphatic heterocycles. The molecule has 0 aliphatic carbocycles. The highest BCUT2D eigenvalue weighted by molar-refractivity contribution is 5.96. The van der Waals surface area contributed by atoms with Crippen molar-refractivity contribution in [1.82, 2.24) is 0 Å².